The highest BCUT2D eigenvalue weighted by Gasteiger charge is 2.03. The molecule has 0 aromatic carbocycles. The number of hydrogen-bond donors (Lipinski definition) is 2. The molecule has 0 atom stereocenters. The van der Waals surface area contributed by atoms with Crippen molar-refractivity contribution in [1.82, 2.24) is 29.9 Å². The van der Waals surface area contributed by atoms with Crippen LogP contribution in [-0.2, 0) is 0 Å². The van der Waals surface area contributed by atoms with Gasteiger partial charge in [0.25, 0.3) is 5.95 Å². The Hall–Kier alpha value is -4.89. The van der Waals surface area contributed by atoms with Crippen LogP contribution < -0.4 is 16.0 Å². The standard InChI is InChI=1S/C6H3N5.C5H4N4.C4H5N3/c7-4-11(5-8)6-9-2-1-3-10-6;6-4-9-5-7-2-1-3-8-5;5-4-6-2-1-3-7-4/h1-3H;1-3H,(H,7,8,9);1-3H,(H2,5,6,7). The molecule has 12 heteroatoms. The summed E-state index contributed by atoms with van der Waals surface area (Å²) in [5.41, 5.74) is 5.14. The third-order valence-electron chi connectivity index (χ3n) is 2.27. The molecule has 0 radical (unpaired) electrons. The summed E-state index contributed by atoms with van der Waals surface area (Å²) in [6, 6.07) is 5.01. The number of hydrogen-bond acceptors (Lipinski definition) is 12. The normalized spacial score (nSPS) is 8.04. The summed E-state index contributed by atoms with van der Waals surface area (Å²) in [5.74, 6) is 0.750. The second-order valence-electron chi connectivity index (χ2n) is 4.00. The molecule has 3 heterocycles. The van der Waals surface area contributed by atoms with Crippen LogP contribution in [0.3, 0.4) is 0 Å². The second kappa shape index (κ2) is 12.5. The number of rotatable bonds is 2. The van der Waals surface area contributed by atoms with Crippen molar-refractivity contribution in [3.8, 4) is 18.6 Å². The molecule has 0 spiro atoms. The number of nitrogen functional groups attached to an aromatic ring is 1. The van der Waals surface area contributed by atoms with E-state index in [9.17, 15) is 0 Å². The largest absolute Gasteiger partial charge is 0.368 e. The lowest BCUT2D eigenvalue weighted by Gasteiger charge is -1.99. The highest BCUT2D eigenvalue weighted by molar-refractivity contribution is 5.41. The van der Waals surface area contributed by atoms with Crippen molar-refractivity contribution in [1.29, 1.82) is 15.8 Å². The van der Waals surface area contributed by atoms with E-state index in [2.05, 4.69) is 35.2 Å². The van der Waals surface area contributed by atoms with E-state index in [1.807, 2.05) is 0 Å². The number of nitrogens with two attached hydrogens (primary N) is 1. The van der Waals surface area contributed by atoms with Gasteiger partial charge in [-0.2, -0.15) is 15.8 Å². The molecular weight excluding hydrogens is 348 g/mol. The van der Waals surface area contributed by atoms with Gasteiger partial charge < -0.3 is 5.73 Å². The number of nitrogens with zero attached hydrogens (tertiary/aromatic N) is 10. The number of nitriles is 3. The van der Waals surface area contributed by atoms with Crippen LogP contribution in [0.15, 0.2) is 55.4 Å². The van der Waals surface area contributed by atoms with Gasteiger partial charge in [-0.3, -0.25) is 5.32 Å². The molecule has 0 aliphatic heterocycles. The van der Waals surface area contributed by atoms with Crippen LogP contribution in [0.5, 0.6) is 0 Å². The summed E-state index contributed by atoms with van der Waals surface area (Å²) in [6.07, 6.45) is 14.2. The van der Waals surface area contributed by atoms with E-state index in [1.54, 1.807) is 61.6 Å². The van der Waals surface area contributed by atoms with Gasteiger partial charge in [0.2, 0.25) is 24.3 Å². The SMILES string of the molecule is N#CN(C#N)c1ncccn1.N#CNc1ncccn1.Nc1ncccn1. The average Bonchev–Trinajstić information content (AvgIpc) is 2.72. The first-order chi connectivity index (χ1) is 13.2. The van der Waals surface area contributed by atoms with Crippen LogP contribution in [0.2, 0.25) is 0 Å². The lowest BCUT2D eigenvalue weighted by molar-refractivity contribution is 1.08. The Bertz CT molecular complexity index is 883. The van der Waals surface area contributed by atoms with Gasteiger partial charge in [-0.25, -0.2) is 29.9 Å². The van der Waals surface area contributed by atoms with Crippen molar-refractivity contribution < 1.29 is 0 Å². The molecule has 0 amide bonds. The van der Waals surface area contributed by atoms with Crippen molar-refractivity contribution in [2.24, 2.45) is 0 Å². The lowest BCUT2D eigenvalue weighted by atomic mass is 10.6. The van der Waals surface area contributed by atoms with Gasteiger partial charge in [-0.15, -0.1) is 4.90 Å². The Morgan fingerprint density at radius 3 is 1.56 bits per heavy atom. The zero-order valence-corrected chi connectivity index (χ0v) is 13.7. The molecule has 27 heavy (non-hydrogen) atoms. The minimum absolute atomic E-state index is 0.0949. The summed E-state index contributed by atoms with van der Waals surface area (Å²) in [6.45, 7) is 0. The smallest absolute Gasteiger partial charge is 0.252 e. The highest BCUT2D eigenvalue weighted by Crippen LogP contribution is 2.00. The molecule has 3 aromatic rings. The van der Waals surface area contributed by atoms with Gasteiger partial charge in [0, 0.05) is 37.2 Å². The Morgan fingerprint density at radius 1 is 0.741 bits per heavy atom. The molecule has 0 saturated carbocycles. The van der Waals surface area contributed by atoms with Gasteiger partial charge in [0.05, 0.1) is 0 Å². The first-order valence-electron chi connectivity index (χ1n) is 7.02. The van der Waals surface area contributed by atoms with E-state index >= 15 is 0 Å². The number of anilines is 3. The first kappa shape index (κ1) is 20.2. The fraction of sp³-hybridized carbons (Fsp3) is 0. The van der Waals surface area contributed by atoms with Crippen LogP contribution in [0.4, 0.5) is 17.8 Å². The molecule has 0 aliphatic rings. The van der Waals surface area contributed by atoms with Gasteiger partial charge in [-0.1, -0.05) is 0 Å². The molecule has 0 aliphatic carbocycles. The van der Waals surface area contributed by atoms with Crippen molar-refractivity contribution in [3.63, 3.8) is 0 Å². The molecular formula is C15H12N12. The third kappa shape index (κ3) is 8.50. The third-order valence-corrected chi connectivity index (χ3v) is 2.27. The van der Waals surface area contributed by atoms with Gasteiger partial charge in [0.15, 0.2) is 6.19 Å². The zero-order chi connectivity index (χ0) is 19.7. The van der Waals surface area contributed by atoms with Crippen molar-refractivity contribution in [2.45, 2.75) is 0 Å². The molecule has 0 unspecified atom stereocenters. The van der Waals surface area contributed by atoms with Crippen molar-refractivity contribution in [3.05, 3.63) is 55.4 Å². The summed E-state index contributed by atoms with van der Waals surface area (Å²) >= 11 is 0. The molecule has 0 fully saturated rings. The van der Waals surface area contributed by atoms with E-state index in [0.29, 0.717) is 11.9 Å². The molecule has 0 saturated heterocycles. The minimum Gasteiger partial charge on any atom is -0.368 e. The van der Waals surface area contributed by atoms with Gasteiger partial charge in [-0.05, 0) is 18.2 Å². The fourth-order valence-corrected chi connectivity index (χ4v) is 1.24. The maximum atomic E-state index is 8.35. The molecule has 3 aromatic heterocycles. The predicted octanol–water partition coefficient (Wildman–Crippen LogP) is 0.674. The Kier molecular flexibility index (Phi) is 9.35. The lowest BCUT2D eigenvalue weighted by Crippen LogP contribution is -2.10. The number of aromatic nitrogens is 6. The summed E-state index contributed by atoms with van der Waals surface area (Å²) in [7, 11) is 0. The van der Waals surface area contributed by atoms with Crippen LogP contribution >= 0.6 is 0 Å². The average molecular weight is 360 g/mol. The van der Waals surface area contributed by atoms with E-state index in [4.69, 9.17) is 21.5 Å². The number of nitrogens with one attached hydrogen (secondary N) is 1. The van der Waals surface area contributed by atoms with E-state index in [0.717, 1.165) is 4.90 Å². The van der Waals surface area contributed by atoms with E-state index in [1.165, 1.54) is 12.4 Å². The van der Waals surface area contributed by atoms with Crippen molar-refractivity contribution in [2.75, 3.05) is 16.0 Å². The maximum absolute atomic E-state index is 8.35. The quantitative estimate of drug-likeness (QED) is 0.480. The summed E-state index contributed by atoms with van der Waals surface area (Å²) in [4.78, 5) is 22.8. The molecule has 3 N–H and O–H groups in total. The monoisotopic (exact) mass is 360 g/mol. The maximum Gasteiger partial charge on any atom is 0.252 e. The summed E-state index contributed by atoms with van der Waals surface area (Å²) in [5, 5.41) is 27.1. The Labute approximate surface area is 154 Å². The van der Waals surface area contributed by atoms with E-state index in [-0.39, 0.29) is 5.95 Å². The Morgan fingerprint density at radius 2 is 1.19 bits per heavy atom. The molecule has 3 rings (SSSR count). The summed E-state index contributed by atoms with van der Waals surface area (Å²) < 4.78 is 0. The van der Waals surface area contributed by atoms with Gasteiger partial charge in [0.1, 0.15) is 0 Å². The van der Waals surface area contributed by atoms with E-state index < -0.39 is 0 Å². The van der Waals surface area contributed by atoms with Crippen LogP contribution in [-0.4, -0.2) is 29.9 Å². The molecule has 0 bridgehead atoms. The highest BCUT2D eigenvalue weighted by atomic mass is 15.2. The molecule has 132 valence electrons. The molecule has 12 nitrogen and oxygen atoms in total. The minimum atomic E-state index is 0.0949. The van der Waals surface area contributed by atoms with Crippen LogP contribution in [0.25, 0.3) is 0 Å². The van der Waals surface area contributed by atoms with Crippen molar-refractivity contribution >= 4 is 17.8 Å². The first-order valence-corrected chi connectivity index (χ1v) is 7.02. The zero-order valence-electron chi connectivity index (χ0n) is 13.7. The van der Waals surface area contributed by atoms with Crippen LogP contribution in [0, 0.1) is 34.4 Å². The second-order valence-corrected chi connectivity index (χ2v) is 4.00. The van der Waals surface area contributed by atoms with Crippen LogP contribution in [0.1, 0.15) is 0 Å². The van der Waals surface area contributed by atoms with Gasteiger partial charge >= 0.3 is 0 Å². The topological polar surface area (TPSA) is 190 Å². The fourth-order valence-electron chi connectivity index (χ4n) is 1.24. The Balaban J connectivity index is 0.000000208. The predicted molar refractivity (Wildman–Crippen MR) is 93.4 cm³/mol.